The molecule has 0 saturated heterocycles. The van der Waals surface area contributed by atoms with Crippen LogP contribution in [0.3, 0.4) is 0 Å². The zero-order chi connectivity index (χ0) is 54.6. The first-order valence-corrected chi connectivity index (χ1v) is 26.6. The first kappa shape index (κ1) is 54.8. The van der Waals surface area contributed by atoms with E-state index in [1.807, 2.05) is 0 Å². The Labute approximate surface area is 440 Å². The molecule has 2 aromatic rings. The second kappa shape index (κ2) is 18.9. The van der Waals surface area contributed by atoms with Crippen molar-refractivity contribution >= 4 is 58.1 Å². The highest BCUT2D eigenvalue weighted by Gasteiger charge is 2.80. The molecule has 402 valence electrons. The number of carbonyl (C=O) groups excluding carboxylic acids is 6. The molecule has 2 heterocycles. The number of rotatable bonds is 7. The van der Waals surface area contributed by atoms with Gasteiger partial charge in [-0.05, 0) is 124 Å². The minimum absolute atomic E-state index is 0.0112. The third-order valence-electron chi connectivity index (χ3n) is 19.4. The van der Waals surface area contributed by atoms with Crippen LogP contribution in [0.4, 0.5) is 17.6 Å². The monoisotopic (exact) mass is 1080 g/mol. The van der Waals surface area contributed by atoms with Gasteiger partial charge in [0.25, 0.3) is 0 Å². The maximum absolute atomic E-state index is 17.5. The number of alkyl halides is 4. The fraction of sp³-hybridized carbons (Fsp3) is 0.571. The minimum Gasteiger partial charge on any atom is -0.457 e. The van der Waals surface area contributed by atoms with Crippen molar-refractivity contribution in [3.05, 3.63) is 95.9 Å². The molecule has 8 aliphatic carbocycles. The van der Waals surface area contributed by atoms with E-state index in [0.717, 1.165) is 23.9 Å². The van der Waals surface area contributed by atoms with Gasteiger partial charge >= 0.3 is 11.9 Å². The summed E-state index contributed by atoms with van der Waals surface area (Å²) in [5.41, 5.74) is -13.8. The lowest BCUT2D eigenvalue weighted by Crippen LogP contribution is -2.70. The third-order valence-corrected chi connectivity index (χ3v) is 20.6. The lowest BCUT2D eigenvalue weighted by atomic mass is 9.44. The summed E-state index contributed by atoms with van der Waals surface area (Å²) in [6, 6.07) is 5.82. The fourth-order valence-electron chi connectivity index (χ4n) is 16.0. The number of ketones is 2. The number of halogens is 4. The summed E-state index contributed by atoms with van der Waals surface area (Å²) in [6.45, 7) is 9.50. The number of hydrogen-bond acceptors (Lipinski definition) is 14. The molecule has 0 aromatic carbocycles. The Balaban J connectivity index is 0.000000185. The van der Waals surface area contributed by atoms with E-state index in [4.69, 9.17) is 23.4 Å². The molecule has 0 spiro atoms. The standard InChI is InChI=1S/C30H32F2O7S.C26H28F2O6S/c1-17-13-19-20-15-22(31)21-14-18(34)8-9-27(21,2)29(20,32)24(35)16-28(19,3)30(17,26(37)40-12-5-4-10-33)39-25(36)23-7-6-11-38-23;1-13-9-15-16-11-18(27)17-10-14(29)6-7-23(17,2)25(16,28)20(30)12-24(15,3)26(13,22(32)35)34-21(31)19-5-4-8-33-19/h6-9,11,14,17,19-20,22,24,33,35H,10,12-13,15-16H2,1-3H3;4-8,10,13,15-16,18,20,30H,9,11-12H2,1-3H3,(H,32,35)/t17-,19?,20?,22+,24+,27+,28+,29+,30+;13-,15?,16?,18+,20+,23+,24+,25+,26+/m11/s1. The van der Waals surface area contributed by atoms with Gasteiger partial charge < -0.3 is 33.6 Å². The number of esters is 2. The third kappa shape index (κ3) is 7.52. The summed E-state index contributed by atoms with van der Waals surface area (Å²) in [6.07, 6.45) is 3.01. The number of ether oxygens (including phenoxy) is 2. The molecule has 3 N–H and O–H groups in total. The van der Waals surface area contributed by atoms with E-state index in [0.29, 0.717) is 0 Å². The van der Waals surface area contributed by atoms with E-state index in [-0.39, 0.29) is 73.6 Å². The Morgan fingerprint density at radius 3 is 1.55 bits per heavy atom. The SMILES string of the molecule is C[C@@H]1CC2C3C[C@H](F)C4=CC(=O)C=C[C@]4(C)[C@@]3(F)[C@@H](O)C[C@]2(C)[C@@]1(OC(=O)c1ccco1)C(=O)S.C[C@@H]1CC2C3C[C@H](F)C4=CC(=O)C=C[C@]4(C)[C@@]3(F)[C@@H](O)C[C@]2(C)[C@@]1(OC(=O)c1ccco1)C(=O)SCC#CCO. The summed E-state index contributed by atoms with van der Waals surface area (Å²) in [5.74, 6) is -2.11. The van der Waals surface area contributed by atoms with E-state index < -0.39 is 138 Å². The number of aliphatic hydroxyl groups is 3. The molecule has 13 nitrogen and oxygen atoms in total. The molecular weight excluding hydrogens is 1020 g/mol. The smallest absolute Gasteiger partial charge is 0.375 e. The normalized spacial score (nSPS) is 43.8. The molecule has 0 radical (unpaired) electrons. The summed E-state index contributed by atoms with van der Waals surface area (Å²) < 4.78 is 88.4. The molecule has 10 rings (SSSR count). The van der Waals surface area contributed by atoms with Gasteiger partial charge in [0.2, 0.25) is 21.8 Å². The van der Waals surface area contributed by atoms with Crippen molar-refractivity contribution in [1.29, 1.82) is 0 Å². The number of thiol groups is 1. The van der Waals surface area contributed by atoms with Crippen LogP contribution in [-0.2, 0) is 28.7 Å². The molecule has 6 saturated carbocycles. The van der Waals surface area contributed by atoms with Crippen molar-refractivity contribution in [2.75, 3.05) is 12.4 Å². The second-order valence-electron chi connectivity index (χ2n) is 22.6. The molecule has 0 aliphatic heterocycles. The Kier molecular flexibility index (Phi) is 13.8. The van der Waals surface area contributed by atoms with Crippen LogP contribution in [0.2, 0.25) is 0 Å². The number of carbonyl (C=O) groups is 6. The number of furan rings is 2. The first-order chi connectivity index (χ1) is 35.2. The summed E-state index contributed by atoms with van der Waals surface area (Å²) in [4.78, 5) is 77.5. The fourth-order valence-corrected chi connectivity index (χ4v) is 17.5. The molecule has 4 unspecified atom stereocenters. The largest absolute Gasteiger partial charge is 0.457 e. The van der Waals surface area contributed by atoms with Crippen molar-refractivity contribution in [2.45, 2.75) is 127 Å². The van der Waals surface area contributed by atoms with Crippen LogP contribution in [0.15, 0.2) is 93.2 Å². The number of hydrogen-bond donors (Lipinski definition) is 4. The average molecular weight is 1080 g/mol. The predicted octanol–water partition coefficient (Wildman–Crippen LogP) is 8.19. The molecule has 19 heteroatoms. The van der Waals surface area contributed by atoms with Gasteiger partial charge in [-0.2, -0.15) is 0 Å². The van der Waals surface area contributed by atoms with Gasteiger partial charge in [-0.25, -0.2) is 27.2 Å². The molecule has 0 bridgehead atoms. The highest BCUT2D eigenvalue weighted by atomic mass is 32.2. The van der Waals surface area contributed by atoms with E-state index >= 15 is 17.6 Å². The highest BCUT2D eigenvalue weighted by Crippen LogP contribution is 2.74. The number of allylic oxidation sites excluding steroid dienone is 8. The second-order valence-corrected chi connectivity index (χ2v) is 23.9. The van der Waals surface area contributed by atoms with Crippen LogP contribution in [0.25, 0.3) is 0 Å². The molecular formula is C56H60F4O13S2. The number of thioether (sulfide) groups is 1. The Morgan fingerprint density at radius 2 is 1.13 bits per heavy atom. The number of aliphatic hydroxyl groups excluding tert-OH is 3. The van der Waals surface area contributed by atoms with Gasteiger partial charge in [0, 0.05) is 45.3 Å². The summed E-state index contributed by atoms with van der Waals surface area (Å²) in [5, 5.41) is 30.8. The van der Waals surface area contributed by atoms with Crippen molar-refractivity contribution in [3.63, 3.8) is 0 Å². The molecule has 75 heavy (non-hydrogen) atoms. The molecule has 6 fully saturated rings. The highest BCUT2D eigenvalue weighted by molar-refractivity contribution is 8.14. The van der Waals surface area contributed by atoms with E-state index in [1.165, 1.54) is 74.9 Å². The van der Waals surface area contributed by atoms with Crippen LogP contribution in [-0.4, -0.2) is 109 Å². The van der Waals surface area contributed by atoms with Crippen LogP contribution in [0.5, 0.6) is 0 Å². The molecule has 18 atom stereocenters. The minimum atomic E-state index is -2.33. The van der Waals surface area contributed by atoms with Gasteiger partial charge in [-0.1, -0.05) is 63.4 Å². The first-order valence-electron chi connectivity index (χ1n) is 25.1. The van der Waals surface area contributed by atoms with Crippen molar-refractivity contribution < 1.29 is 80.0 Å². The van der Waals surface area contributed by atoms with Gasteiger partial charge in [0.1, 0.15) is 19.0 Å². The number of fused-ring (bicyclic) bond motifs is 10. The topological polar surface area (TPSA) is 208 Å². The van der Waals surface area contributed by atoms with Crippen LogP contribution in [0, 0.1) is 69.0 Å². The van der Waals surface area contributed by atoms with Crippen molar-refractivity contribution in [3.8, 4) is 11.8 Å². The lowest BCUT2D eigenvalue weighted by molar-refractivity contribution is -0.221. The summed E-state index contributed by atoms with van der Waals surface area (Å²) >= 11 is 4.93. The lowest BCUT2D eigenvalue weighted by Gasteiger charge is -2.63. The Bertz CT molecular complexity index is 2890. The van der Waals surface area contributed by atoms with Crippen molar-refractivity contribution in [2.24, 2.45) is 57.2 Å². The zero-order valence-corrected chi connectivity index (χ0v) is 43.9. The quantitative estimate of drug-likeness (QED) is 0.0893. The van der Waals surface area contributed by atoms with E-state index in [1.54, 1.807) is 27.7 Å². The predicted molar refractivity (Wildman–Crippen MR) is 266 cm³/mol. The average Bonchev–Trinajstić information content (AvgIpc) is 4.17. The van der Waals surface area contributed by atoms with E-state index in [2.05, 4.69) is 24.5 Å². The van der Waals surface area contributed by atoms with Crippen molar-refractivity contribution in [1.82, 2.24) is 0 Å². The molecule has 8 aliphatic rings. The Hall–Kier alpha value is -5.00. The zero-order valence-electron chi connectivity index (χ0n) is 42.2. The van der Waals surface area contributed by atoms with Gasteiger partial charge in [-0.3, -0.25) is 19.2 Å². The van der Waals surface area contributed by atoms with Gasteiger partial charge in [0.05, 0.1) is 30.5 Å². The van der Waals surface area contributed by atoms with Crippen LogP contribution >= 0.6 is 24.4 Å². The molecule has 0 amide bonds. The Morgan fingerprint density at radius 1 is 0.707 bits per heavy atom. The van der Waals surface area contributed by atoms with Crippen LogP contribution in [0.1, 0.15) is 101 Å². The van der Waals surface area contributed by atoms with Crippen LogP contribution < -0.4 is 0 Å². The van der Waals surface area contributed by atoms with Gasteiger partial charge in [0.15, 0.2) is 34.1 Å². The maximum Gasteiger partial charge on any atom is 0.375 e. The van der Waals surface area contributed by atoms with E-state index in [9.17, 15) is 39.0 Å². The van der Waals surface area contributed by atoms with Gasteiger partial charge in [-0.15, -0.1) is 12.6 Å². The summed E-state index contributed by atoms with van der Waals surface area (Å²) in [7, 11) is 0. The maximum atomic E-state index is 17.5. The molecule has 2 aromatic heterocycles.